The van der Waals surface area contributed by atoms with Crippen LogP contribution in [0, 0.1) is 24.0 Å². The Morgan fingerprint density at radius 1 is 1.19 bits per heavy atom. The van der Waals surface area contributed by atoms with Crippen molar-refractivity contribution >= 4 is 40.4 Å². The number of amides is 1. The molecule has 0 saturated carbocycles. The Hall–Kier alpha value is -2.71. The van der Waals surface area contributed by atoms with Crippen LogP contribution in [0.4, 0.5) is 11.4 Å². The van der Waals surface area contributed by atoms with Gasteiger partial charge in [-0.3, -0.25) is 14.9 Å². The Bertz CT molecular complexity index is 968. The molecule has 0 atom stereocenters. The molecule has 0 radical (unpaired) electrons. The van der Waals surface area contributed by atoms with Gasteiger partial charge in [-0.25, -0.2) is 4.98 Å². The SMILES string of the molecule is Cc1csc(Sc2ccc(NC(=O)c3cccc([N+](=O)[O-])c3C)cc2)n1. The van der Waals surface area contributed by atoms with E-state index in [1.165, 1.54) is 12.1 Å². The lowest BCUT2D eigenvalue weighted by atomic mass is 10.1. The molecule has 0 unspecified atom stereocenters. The van der Waals surface area contributed by atoms with Crippen molar-refractivity contribution < 1.29 is 9.72 Å². The summed E-state index contributed by atoms with van der Waals surface area (Å²) < 4.78 is 0.964. The van der Waals surface area contributed by atoms with E-state index in [1.54, 1.807) is 48.2 Å². The van der Waals surface area contributed by atoms with E-state index in [1.807, 2.05) is 24.4 Å². The van der Waals surface area contributed by atoms with Crippen LogP contribution in [0.5, 0.6) is 0 Å². The summed E-state index contributed by atoms with van der Waals surface area (Å²) in [7, 11) is 0. The highest BCUT2D eigenvalue weighted by Crippen LogP contribution is 2.31. The van der Waals surface area contributed by atoms with Crippen molar-refractivity contribution in [3.63, 3.8) is 0 Å². The molecule has 0 aliphatic rings. The lowest BCUT2D eigenvalue weighted by Crippen LogP contribution is -2.14. The fourth-order valence-electron chi connectivity index (χ4n) is 2.35. The molecule has 8 heteroatoms. The predicted octanol–water partition coefficient (Wildman–Crippen LogP) is 5.07. The first-order valence-corrected chi connectivity index (χ1v) is 9.39. The molecule has 6 nitrogen and oxygen atoms in total. The molecule has 1 N–H and O–H groups in total. The molecule has 0 aliphatic heterocycles. The number of nitrogens with one attached hydrogen (secondary N) is 1. The molecule has 0 bridgehead atoms. The number of nitro benzene ring substituents is 1. The number of anilines is 1. The first-order chi connectivity index (χ1) is 12.4. The summed E-state index contributed by atoms with van der Waals surface area (Å²) >= 11 is 3.15. The van der Waals surface area contributed by atoms with Crippen molar-refractivity contribution in [2.24, 2.45) is 0 Å². The average molecular weight is 385 g/mol. The van der Waals surface area contributed by atoms with Gasteiger partial charge in [0.05, 0.1) is 4.92 Å². The minimum Gasteiger partial charge on any atom is -0.322 e. The molecule has 1 heterocycles. The molecule has 1 aromatic heterocycles. The van der Waals surface area contributed by atoms with E-state index in [2.05, 4.69) is 10.3 Å². The summed E-state index contributed by atoms with van der Waals surface area (Å²) in [5.41, 5.74) is 2.19. The van der Waals surface area contributed by atoms with Crippen molar-refractivity contribution in [1.82, 2.24) is 4.98 Å². The third-order valence-corrected chi connectivity index (χ3v) is 5.73. The molecule has 26 heavy (non-hydrogen) atoms. The number of hydrogen-bond donors (Lipinski definition) is 1. The number of thiazole rings is 1. The van der Waals surface area contributed by atoms with Crippen LogP contribution in [0.1, 0.15) is 21.6 Å². The Morgan fingerprint density at radius 3 is 2.54 bits per heavy atom. The summed E-state index contributed by atoms with van der Waals surface area (Å²) in [6.45, 7) is 3.53. The van der Waals surface area contributed by atoms with Crippen molar-refractivity contribution in [2.75, 3.05) is 5.32 Å². The lowest BCUT2D eigenvalue weighted by molar-refractivity contribution is -0.385. The van der Waals surface area contributed by atoms with E-state index in [9.17, 15) is 14.9 Å². The molecular weight excluding hydrogens is 370 g/mol. The third kappa shape index (κ3) is 4.09. The largest absolute Gasteiger partial charge is 0.322 e. The van der Waals surface area contributed by atoms with Gasteiger partial charge in [0.2, 0.25) is 0 Å². The van der Waals surface area contributed by atoms with E-state index in [0.29, 0.717) is 11.3 Å². The summed E-state index contributed by atoms with van der Waals surface area (Å²) in [5, 5.41) is 15.8. The molecule has 3 aromatic rings. The summed E-state index contributed by atoms with van der Waals surface area (Å²) in [4.78, 5) is 28.4. The molecule has 1 amide bonds. The van der Waals surface area contributed by atoms with E-state index < -0.39 is 4.92 Å². The Kier molecular flexibility index (Phi) is 5.34. The maximum Gasteiger partial charge on any atom is 0.273 e. The first kappa shape index (κ1) is 18.1. The summed E-state index contributed by atoms with van der Waals surface area (Å²) in [6.07, 6.45) is 0. The van der Waals surface area contributed by atoms with Crippen molar-refractivity contribution in [3.8, 4) is 0 Å². The van der Waals surface area contributed by atoms with Gasteiger partial charge in [-0.15, -0.1) is 11.3 Å². The standard InChI is InChI=1S/C18H15N3O3S2/c1-11-10-25-18(19-11)26-14-8-6-13(7-9-14)20-17(22)15-4-3-5-16(12(15)2)21(23)24/h3-10H,1-2H3,(H,20,22). The topological polar surface area (TPSA) is 85.1 Å². The van der Waals surface area contributed by atoms with Crippen molar-refractivity contribution in [1.29, 1.82) is 0 Å². The van der Waals surface area contributed by atoms with Gasteiger partial charge >= 0.3 is 0 Å². The lowest BCUT2D eigenvalue weighted by Gasteiger charge is -2.08. The Balaban J connectivity index is 1.72. The predicted molar refractivity (Wildman–Crippen MR) is 103 cm³/mol. The van der Waals surface area contributed by atoms with Crippen molar-refractivity contribution in [2.45, 2.75) is 23.1 Å². The van der Waals surface area contributed by atoms with Gasteiger partial charge in [-0.2, -0.15) is 0 Å². The highest BCUT2D eigenvalue weighted by molar-refractivity contribution is 8.01. The highest BCUT2D eigenvalue weighted by Gasteiger charge is 2.18. The van der Waals surface area contributed by atoms with Crippen LogP contribution in [0.3, 0.4) is 0 Å². The number of benzene rings is 2. The Morgan fingerprint density at radius 2 is 1.92 bits per heavy atom. The van der Waals surface area contributed by atoms with Crippen molar-refractivity contribution in [3.05, 3.63) is 74.8 Å². The number of nitrogens with zero attached hydrogens (tertiary/aromatic N) is 2. The number of aryl methyl sites for hydroxylation is 1. The second kappa shape index (κ2) is 7.67. The zero-order valence-electron chi connectivity index (χ0n) is 14.1. The normalized spacial score (nSPS) is 10.5. The van der Waals surface area contributed by atoms with Crippen LogP contribution < -0.4 is 5.32 Å². The minimum absolute atomic E-state index is 0.0665. The number of carbonyl (C=O) groups excluding carboxylic acids is 1. The zero-order valence-corrected chi connectivity index (χ0v) is 15.7. The number of aromatic nitrogens is 1. The second-order valence-corrected chi connectivity index (χ2v) is 7.72. The maximum absolute atomic E-state index is 12.4. The van der Waals surface area contributed by atoms with Gasteiger partial charge in [0.1, 0.15) is 0 Å². The van der Waals surface area contributed by atoms with Crippen LogP contribution in [0.15, 0.2) is 57.1 Å². The number of nitro groups is 1. The Labute approximate surface area is 158 Å². The zero-order chi connectivity index (χ0) is 18.7. The van der Waals surface area contributed by atoms with E-state index in [0.717, 1.165) is 14.9 Å². The molecule has 0 saturated heterocycles. The average Bonchev–Trinajstić information content (AvgIpc) is 3.01. The van der Waals surface area contributed by atoms with Gasteiger partial charge in [-0.1, -0.05) is 17.8 Å². The number of hydrogen-bond acceptors (Lipinski definition) is 6. The molecule has 0 spiro atoms. The molecule has 0 fully saturated rings. The van der Waals surface area contributed by atoms with Gasteiger partial charge in [0.25, 0.3) is 11.6 Å². The van der Waals surface area contributed by atoms with Crippen LogP contribution in [-0.4, -0.2) is 15.8 Å². The molecule has 132 valence electrons. The second-order valence-electron chi connectivity index (χ2n) is 5.54. The number of rotatable bonds is 5. The minimum atomic E-state index is -0.488. The van der Waals surface area contributed by atoms with Gasteiger partial charge in [0.15, 0.2) is 4.34 Å². The summed E-state index contributed by atoms with van der Waals surface area (Å²) in [5.74, 6) is -0.373. The van der Waals surface area contributed by atoms with E-state index in [4.69, 9.17) is 0 Å². The highest BCUT2D eigenvalue weighted by atomic mass is 32.2. The molecule has 2 aromatic carbocycles. The molecule has 0 aliphatic carbocycles. The fourth-order valence-corrected chi connectivity index (χ4v) is 4.16. The van der Waals surface area contributed by atoms with Crippen LogP contribution in [0.25, 0.3) is 0 Å². The first-order valence-electron chi connectivity index (χ1n) is 7.69. The van der Waals surface area contributed by atoms with E-state index in [-0.39, 0.29) is 17.2 Å². The smallest absolute Gasteiger partial charge is 0.273 e. The number of carbonyl (C=O) groups is 1. The maximum atomic E-state index is 12.4. The monoisotopic (exact) mass is 385 g/mol. The third-order valence-electron chi connectivity index (χ3n) is 3.66. The van der Waals surface area contributed by atoms with Crippen LogP contribution in [0.2, 0.25) is 0 Å². The van der Waals surface area contributed by atoms with Crippen LogP contribution >= 0.6 is 23.1 Å². The van der Waals surface area contributed by atoms with Gasteiger partial charge in [-0.05, 0) is 44.2 Å². The van der Waals surface area contributed by atoms with Gasteiger partial charge in [0, 0.05) is 38.9 Å². The molecular formula is C18H15N3O3S2. The summed E-state index contributed by atoms with van der Waals surface area (Å²) in [6, 6.07) is 11.9. The molecule has 3 rings (SSSR count). The fraction of sp³-hybridized carbons (Fsp3) is 0.111. The van der Waals surface area contributed by atoms with E-state index >= 15 is 0 Å². The van der Waals surface area contributed by atoms with Crippen LogP contribution in [-0.2, 0) is 0 Å². The van der Waals surface area contributed by atoms with Gasteiger partial charge < -0.3 is 5.32 Å². The quantitative estimate of drug-likeness (QED) is 0.489.